The second-order valence-electron chi connectivity index (χ2n) is 4.06. The predicted octanol–water partition coefficient (Wildman–Crippen LogP) is 3.01. The van der Waals surface area contributed by atoms with E-state index in [2.05, 4.69) is 15.9 Å². The van der Waals surface area contributed by atoms with Gasteiger partial charge < -0.3 is 14.2 Å². The molecule has 0 saturated carbocycles. The quantitative estimate of drug-likeness (QED) is 0.787. The lowest BCUT2D eigenvalue weighted by Gasteiger charge is -2.33. The van der Waals surface area contributed by atoms with Crippen molar-refractivity contribution in [2.45, 2.75) is 19.4 Å². The number of benzene rings is 1. The number of ether oxygens (including phenoxy) is 3. The maximum Gasteiger partial charge on any atom is 0.205 e. The molecule has 0 N–H and O–H groups in total. The van der Waals surface area contributed by atoms with Crippen LogP contribution in [0.3, 0.4) is 0 Å². The molecule has 0 amide bonds. The van der Waals surface area contributed by atoms with Gasteiger partial charge in [-0.2, -0.15) is 0 Å². The van der Waals surface area contributed by atoms with E-state index in [1.54, 1.807) is 7.11 Å². The Balaban J connectivity index is 2.51. The fourth-order valence-electron chi connectivity index (χ4n) is 1.46. The number of hydrogen-bond donors (Lipinski definition) is 0. The zero-order chi connectivity index (χ0) is 11.1. The largest absolute Gasteiger partial charge is 0.493 e. The van der Waals surface area contributed by atoms with Gasteiger partial charge in [-0.05, 0) is 41.9 Å². The van der Waals surface area contributed by atoms with Gasteiger partial charge in [0, 0.05) is 0 Å². The van der Waals surface area contributed by atoms with Crippen molar-refractivity contribution in [3.05, 3.63) is 16.6 Å². The highest BCUT2D eigenvalue weighted by atomic mass is 79.9. The van der Waals surface area contributed by atoms with Crippen molar-refractivity contribution in [2.75, 3.05) is 13.7 Å². The summed E-state index contributed by atoms with van der Waals surface area (Å²) < 4.78 is 17.6. The summed E-state index contributed by atoms with van der Waals surface area (Å²) in [5.74, 6) is 2.08. The van der Waals surface area contributed by atoms with Crippen molar-refractivity contribution in [1.29, 1.82) is 0 Å². The summed E-state index contributed by atoms with van der Waals surface area (Å²) >= 11 is 3.42. The third-order valence-corrected chi connectivity index (χ3v) is 2.81. The topological polar surface area (TPSA) is 27.7 Å². The normalized spacial score (nSPS) is 17.3. The number of halogens is 1. The monoisotopic (exact) mass is 272 g/mol. The molecule has 2 rings (SSSR count). The first kappa shape index (κ1) is 10.6. The first-order chi connectivity index (χ1) is 7.03. The third kappa shape index (κ3) is 1.91. The Morgan fingerprint density at radius 3 is 2.73 bits per heavy atom. The minimum Gasteiger partial charge on any atom is -0.493 e. The highest BCUT2D eigenvalue weighted by molar-refractivity contribution is 9.10. The summed E-state index contributed by atoms with van der Waals surface area (Å²) in [6.45, 7) is 4.50. The molecule has 0 aliphatic carbocycles. The van der Waals surface area contributed by atoms with E-state index in [4.69, 9.17) is 14.2 Å². The Morgan fingerprint density at radius 2 is 2.07 bits per heavy atom. The molecule has 1 heterocycles. The maximum absolute atomic E-state index is 5.84. The lowest BCUT2D eigenvalue weighted by atomic mass is 10.1. The van der Waals surface area contributed by atoms with Crippen LogP contribution in [0.25, 0.3) is 0 Å². The van der Waals surface area contributed by atoms with E-state index < -0.39 is 0 Å². The van der Waals surface area contributed by atoms with Crippen LogP contribution in [-0.4, -0.2) is 19.3 Å². The highest BCUT2D eigenvalue weighted by Crippen LogP contribution is 2.46. The fourth-order valence-corrected chi connectivity index (χ4v) is 1.89. The molecule has 0 radical (unpaired) electrons. The smallest absolute Gasteiger partial charge is 0.205 e. The number of hydrogen-bond acceptors (Lipinski definition) is 3. The van der Waals surface area contributed by atoms with Crippen LogP contribution in [0.2, 0.25) is 0 Å². The lowest BCUT2D eigenvalue weighted by Crippen LogP contribution is -2.38. The molecule has 0 atom stereocenters. The number of methoxy groups -OCH3 is 1. The van der Waals surface area contributed by atoms with E-state index in [0.29, 0.717) is 23.9 Å². The molecule has 1 aromatic carbocycles. The van der Waals surface area contributed by atoms with E-state index in [-0.39, 0.29) is 5.60 Å². The van der Waals surface area contributed by atoms with Crippen LogP contribution in [0.4, 0.5) is 0 Å². The minimum absolute atomic E-state index is 0.318. The predicted molar refractivity (Wildman–Crippen MR) is 60.9 cm³/mol. The van der Waals surface area contributed by atoms with Gasteiger partial charge in [-0.15, -0.1) is 0 Å². The molecule has 0 spiro atoms. The molecule has 0 aromatic heterocycles. The molecule has 0 unspecified atom stereocenters. The second kappa shape index (κ2) is 3.59. The molecule has 1 aromatic rings. The second-order valence-corrected chi connectivity index (χ2v) is 4.91. The number of fused-ring (bicyclic) bond motifs is 1. The molecule has 4 heteroatoms. The van der Waals surface area contributed by atoms with Crippen LogP contribution < -0.4 is 14.2 Å². The van der Waals surface area contributed by atoms with Crippen LogP contribution in [0, 0.1) is 0 Å². The molecule has 0 saturated heterocycles. The summed E-state index contributed by atoms with van der Waals surface area (Å²) in [6, 6.07) is 3.74. The zero-order valence-electron chi connectivity index (χ0n) is 8.96. The first-order valence-electron chi connectivity index (χ1n) is 4.72. The molecule has 82 valence electrons. The zero-order valence-corrected chi connectivity index (χ0v) is 10.6. The van der Waals surface area contributed by atoms with Gasteiger partial charge in [0.2, 0.25) is 5.75 Å². The van der Waals surface area contributed by atoms with Crippen molar-refractivity contribution in [1.82, 2.24) is 0 Å². The Hall–Kier alpha value is -0.900. The Bertz CT molecular complexity index is 388. The number of rotatable bonds is 1. The van der Waals surface area contributed by atoms with Gasteiger partial charge in [0.15, 0.2) is 11.5 Å². The highest BCUT2D eigenvalue weighted by Gasteiger charge is 2.31. The van der Waals surface area contributed by atoms with Crippen LogP contribution in [0.15, 0.2) is 16.6 Å². The molecule has 1 aliphatic heterocycles. The molecule has 0 bridgehead atoms. The van der Waals surface area contributed by atoms with Gasteiger partial charge in [0.1, 0.15) is 12.2 Å². The molecule has 15 heavy (non-hydrogen) atoms. The van der Waals surface area contributed by atoms with Crippen LogP contribution >= 0.6 is 15.9 Å². The van der Waals surface area contributed by atoms with Crippen molar-refractivity contribution in [2.24, 2.45) is 0 Å². The van der Waals surface area contributed by atoms with Crippen molar-refractivity contribution >= 4 is 15.9 Å². The van der Waals surface area contributed by atoms with Gasteiger partial charge >= 0.3 is 0 Å². The van der Waals surface area contributed by atoms with Gasteiger partial charge in [-0.3, -0.25) is 0 Å². The summed E-state index contributed by atoms with van der Waals surface area (Å²) in [5.41, 5.74) is -0.318. The van der Waals surface area contributed by atoms with Crippen molar-refractivity contribution in [3.8, 4) is 17.2 Å². The summed E-state index contributed by atoms with van der Waals surface area (Å²) in [6.07, 6.45) is 0. The van der Waals surface area contributed by atoms with Gasteiger partial charge in [-0.25, -0.2) is 0 Å². The van der Waals surface area contributed by atoms with Crippen molar-refractivity contribution in [3.63, 3.8) is 0 Å². The standard InChI is InChI=1S/C11H13BrO3/c1-11(2)6-14-9-7(12)4-5-8(13-3)10(9)15-11/h4-5H,6H2,1-3H3. The minimum atomic E-state index is -0.318. The van der Waals surface area contributed by atoms with Crippen LogP contribution in [0.5, 0.6) is 17.2 Å². The van der Waals surface area contributed by atoms with Gasteiger partial charge in [-0.1, -0.05) is 0 Å². The SMILES string of the molecule is COc1ccc(Br)c2c1OC(C)(C)CO2. The van der Waals surface area contributed by atoms with Gasteiger partial charge in [0.25, 0.3) is 0 Å². The summed E-state index contributed by atoms with van der Waals surface area (Å²) in [7, 11) is 1.62. The van der Waals surface area contributed by atoms with E-state index >= 15 is 0 Å². The van der Waals surface area contributed by atoms with Gasteiger partial charge in [0.05, 0.1) is 11.6 Å². The summed E-state index contributed by atoms with van der Waals surface area (Å²) in [5, 5.41) is 0. The average molecular weight is 273 g/mol. The molecule has 1 aliphatic rings. The Labute approximate surface area is 97.5 Å². The molecular weight excluding hydrogens is 260 g/mol. The molecule has 0 fully saturated rings. The molecule has 3 nitrogen and oxygen atoms in total. The van der Waals surface area contributed by atoms with Crippen molar-refractivity contribution < 1.29 is 14.2 Å². The third-order valence-electron chi connectivity index (χ3n) is 2.19. The maximum atomic E-state index is 5.84. The Morgan fingerprint density at radius 1 is 1.33 bits per heavy atom. The van der Waals surface area contributed by atoms with E-state index in [1.807, 2.05) is 26.0 Å². The average Bonchev–Trinajstić information content (AvgIpc) is 2.17. The van der Waals surface area contributed by atoms with E-state index in [1.165, 1.54) is 0 Å². The van der Waals surface area contributed by atoms with E-state index in [9.17, 15) is 0 Å². The van der Waals surface area contributed by atoms with Crippen LogP contribution in [-0.2, 0) is 0 Å². The molecular formula is C11H13BrO3. The lowest BCUT2D eigenvalue weighted by molar-refractivity contribution is 0.0179. The van der Waals surface area contributed by atoms with E-state index in [0.717, 1.165) is 4.47 Å². The summed E-state index contributed by atoms with van der Waals surface area (Å²) in [4.78, 5) is 0. The first-order valence-corrected chi connectivity index (χ1v) is 5.51. The van der Waals surface area contributed by atoms with Crippen LogP contribution in [0.1, 0.15) is 13.8 Å². The Kier molecular flexibility index (Phi) is 2.54. The fraction of sp³-hybridized carbons (Fsp3) is 0.455.